The lowest BCUT2D eigenvalue weighted by Gasteiger charge is -2.34. The molecule has 0 radical (unpaired) electrons. The molecule has 5 heteroatoms. The van der Waals surface area contributed by atoms with Gasteiger partial charge < -0.3 is 14.4 Å². The van der Waals surface area contributed by atoms with Crippen molar-refractivity contribution < 1.29 is 4.79 Å². The summed E-state index contributed by atoms with van der Waals surface area (Å²) in [6, 6.07) is 7.90. The molecule has 0 spiro atoms. The van der Waals surface area contributed by atoms with Crippen LogP contribution >= 0.6 is 0 Å². The Labute approximate surface area is 162 Å². The molecule has 1 atom stereocenters. The number of imidazole rings is 1. The van der Waals surface area contributed by atoms with Gasteiger partial charge in [0.25, 0.3) is 5.91 Å². The molecule has 2 aliphatic rings. The molecule has 1 aromatic carbocycles. The number of aromatic nitrogens is 2. The number of amides is 1. The lowest BCUT2D eigenvalue weighted by atomic mass is 9.85. The largest absolute Gasteiger partial charge is 0.377 e. The van der Waals surface area contributed by atoms with Crippen molar-refractivity contribution in [3.05, 3.63) is 48.0 Å². The second-order valence-electron chi connectivity index (χ2n) is 8.24. The van der Waals surface area contributed by atoms with Gasteiger partial charge in [-0.2, -0.15) is 0 Å². The van der Waals surface area contributed by atoms with Crippen LogP contribution in [0, 0.1) is 5.92 Å². The number of carbonyl (C=O) groups excluding carboxylic acids is 1. The summed E-state index contributed by atoms with van der Waals surface area (Å²) in [4.78, 5) is 22.0. The van der Waals surface area contributed by atoms with E-state index in [0.29, 0.717) is 5.92 Å². The number of rotatable bonds is 5. The highest BCUT2D eigenvalue weighted by atomic mass is 16.2. The van der Waals surface area contributed by atoms with Gasteiger partial charge in [-0.25, -0.2) is 4.98 Å². The van der Waals surface area contributed by atoms with Crippen LogP contribution in [0.25, 0.3) is 0 Å². The van der Waals surface area contributed by atoms with E-state index in [9.17, 15) is 4.79 Å². The Morgan fingerprint density at radius 2 is 2.00 bits per heavy atom. The third-order valence-corrected chi connectivity index (χ3v) is 6.12. The van der Waals surface area contributed by atoms with Gasteiger partial charge >= 0.3 is 0 Å². The molecular formula is C22H30N4O. The molecule has 1 aliphatic heterocycles. The summed E-state index contributed by atoms with van der Waals surface area (Å²) in [6.45, 7) is 2.69. The average Bonchev–Trinajstić information content (AvgIpc) is 3.12. The topological polar surface area (TPSA) is 41.4 Å². The fraction of sp³-hybridized carbons (Fsp3) is 0.545. The second kappa shape index (κ2) is 7.75. The number of nitrogens with zero attached hydrogens (tertiary/aromatic N) is 4. The van der Waals surface area contributed by atoms with Crippen LogP contribution in [0.2, 0.25) is 0 Å². The van der Waals surface area contributed by atoms with Crippen LogP contribution in [-0.4, -0.2) is 47.5 Å². The molecular weight excluding hydrogens is 336 g/mol. The van der Waals surface area contributed by atoms with Crippen LogP contribution < -0.4 is 4.90 Å². The predicted octanol–water partition coefficient (Wildman–Crippen LogP) is 3.77. The van der Waals surface area contributed by atoms with Crippen molar-refractivity contribution in [2.45, 2.75) is 44.6 Å². The third-order valence-electron chi connectivity index (χ3n) is 6.12. The molecule has 0 unspecified atom stereocenters. The van der Waals surface area contributed by atoms with Crippen LogP contribution in [-0.2, 0) is 6.54 Å². The number of hydrogen-bond acceptors (Lipinski definition) is 3. The van der Waals surface area contributed by atoms with E-state index in [1.165, 1.54) is 25.1 Å². The van der Waals surface area contributed by atoms with Crippen molar-refractivity contribution in [2.24, 2.45) is 5.92 Å². The maximum atomic E-state index is 13.2. The fourth-order valence-corrected chi connectivity index (χ4v) is 4.38. The molecule has 2 aromatic rings. The minimum absolute atomic E-state index is 0.140. The monoisotopic (exact) mass is 366 g/mol. The Hall–Kier alpha value is -2.30. The number of likely N-dealkylation sites (tertiary alicyclic amines) is 1. The van der Waals surface area contributed by atoms with E-state index < -0.39 is 0 Å². The normalized spacial score (nSPS) is 20.4. The van der Waals surface area contributed by atoms with E-state index in [1.807, 2.05) is 54.4 Å². The molecule has 27 heavy (non-hydrogen) atoms. The predicted molar refractivity (Wildman–Crippen MR) is 108 cm³/mol. The smallest absolute Gasteiger partial charge is 0.255 e. The molecule has 5 nitrogen and oxygen atoms in total. The van der Waals surface area contributed by atoms with Gasteiger partial charge in [0.05, 0.1) is 5.56 Å². The van der Waals surface area contributed by atoms with Gasteiger partial charge in [0.1, 0.15) is 5.82 Å². The first-order valence-corrected chi connectivity index (χ1v) is 10.2. The Morgan fingerprint density at radius 3 is 2.74 bits per heavy atom. The van der Waals surface area contributed by atoms with Gasteiger partial charge in [-0.15, -0.1) is 0 Å². The van der Waals surface area contributed by atoms with Gasteiger partial charge in [-0.1, -0.05) is 18.6 Å². The summed E-state index contributed by atoms with van der Waals surface area (Å²) in [5.74, 6) is 2.46. The third kappa shape index (κ3) is 3.73. The first-order valence-electron chi connectivity index (χ1n) is 10.2. The number of carbonyl (C=O) groups is 1. The lowest BCUT2D eigenvalue weighted by Crippen LogP contribution is -2.40. The summed E-state index contributed by atoms with van der Waals surface area (Å²) in [6.07, 6.45) is 10.2. The van der Waals surface area contributed by atoms with Gasteiger partial charge in [0.15, 0.2) is 0 Å². The summed E-state index contributed by atoms with van der Waals surface area (Å²) in [7, 11) is 3.98. The van der Waals surface area contributed by atoms with Gasteiger partial charge in [-0.05, 0) is 43.7 Å². The zero-order valence-corrected chi connectivity index (χ0v) is 16.5. The summed E-state index contributed by atoms with van der Waals surface area (Å²) >= 11 is 0. The maximum Gasteiger partial charge on any atom is 0.255 e. The quantitative estimate of drug-likeness (QED) is 0.809. The summed E-state index contributed by atoms with van der Waals surface area (Å²) < 4.78 is 2.34. The van der Waals surface area contributed by atoms with E-state index in [0.717, 1.165) is 49.6 Å². The number of anilines is 1. The molecule has 0 bridgehead atoms. The van der Waals surface area contributed by atoms with E-state index >= 15 is 0 Å². The second-order valence-corrected chi connectivity index (χ2v) is 8.24. The number of para-hydroxylation sites is 1. The van der Waals surface area contributed by atoms with Crippen molar-refractivity contribution in [3.63, 3.8) is 0 Å². The van der Waals surface area contributed by atoms with E-state index in [-0.39, 0.29) is 5.91 Å². The van der Waals surface area contributed by atoms with Crippen molar-refractivity contribution >= 4 is 11.6 Å². The maximum absolute atomic E-state index is 13.2. The molecule has 0 N–H and O–H groups in total. The standard InChI is InChI=1S/C22H30N4O/c1-24(2)20-11-4-3-10-19(20)22(27)26-13-6-9-18(16-26)21-23-12-14-25(21)15-17-7-5-8-17/h3-4,10-12,14,17-18H,5-9,13,15-16H2,1-2H3/t18-/m1/s1. The minimum atomic E-state index is 0.140. The van der Waals surface area contributed by atoms with Crippen LogP contribution in [0.15, 0.2) is 36.7 Å². The molecule has 2 heterocycles. The van der Waals surface area contributed by atoms with Crippen molar-refractivity contribution in [1.82, 2.24) is 14.5 Å². The first kappa shape index (κ1) is 18.1. The molecule has 1 saturated heterocycles. The van der Waals surface area contributed by atoms with Crippen molar-refractivity contribution in [2.75, 3.05) is 32.1 Å². The summed E-state index contributed by atoms with van der Waals surface area (Å²) in [5, 5.41) is 0. The molecule has 2 fully saturated rings. The number of benzene rings is 1. The van der Waals surface area contributed by atoms with Crippen LogP contribution in [0.4, 0.5) is 5.69 Å². The lowest BCUT2D eigenvalue weighted by molar-refractivity contribution is 0.0703. The van der Waals surface area contributed by atoms with Crippen molar-refractivity contribution in [3.8, 4) is 0 Å². The Balaban J connectivity index is 1.50. The van der Waals surface area contributed by atoms with Gasteiger partial charge in [0, 0.05) is 57.7 Å². The van der Waals surface area contributed by atoms with Gasteiger partial charge in [-0.3, -0.25) is 4.79 Å². The van der Waals surface area contributed by atoms with Crippen LogP contribution in [0.5, 0.6) is 0 Å². The number of hydrogen-bond donors (Lipinski definition) is 0. The Kier molecular flexibility index (Phi) is 5.19. The molecule has 1 amide bonds. The Morgan fingerprint density at radius 1 is 1.19 bits per heavy atom. The van der Waals surface area contributed by atoms with Crippen LogP contribution in [0.3, 0.4) is 0 Å². The number of piperidine rings is 1. The van der Waals surface area contributed by atoms with E-state index in [2.05, 4.69) is 15.7 Å². The molecule has 1 saturated carbocycles. The highest BCUT2D eigenvalue weighted by Crippen LogP contribution is 2.32. The average molecular weight is 367 g/mol. The van der Waals surface area contributed by atoms with Gasteiger partial charge in [0.2, 0.25) is 0 Å². The summed E-state index contributed by atoms with van der Waals surface area (Å²) in [5.41, 5.74) is 1.78. The van der Waals surface area contributed by atoms with Crippen molar-refractivity contribution in [1.29, 1.82) is 0 Å². The van der Waals surface area contributed by atoms with Crippen LogP contribution in [0.1, 0.15) is 54.2 Å². The first-order chi connectivity index (χ1) is 13.1. The minimum Gasteiger partial charge on any atom is -0.377 e. The zero-order chi connectivity index (χ0) is 18.8. The van der Waals surface area contributed by atoms with E-state index in [1.54, 1.807) is 0 Å². The molecule has 4 rings (SSSR count). The molecule has 1 aliphatic carbocycles. The Bertz CT molecular complexity index is 793. The fourth-order valence-electron chi connectivity index (χ4n) is 4.38. The molecule has 1 aromatic heterocycles. The zero-order valence-electron chi connectivity index (χ0n) is 16.5. The molecule has 144 valence electrons. The highest BCUT2D eigenvalue weighted by molar-refractivity contribution is 5.99. The SMILES string of the molecule is CN(C)c1ccccc1C(=O)N1CCC[C@@H](c2nccn2CC2CCC2)C1. The van der Waals surface area contributed by atoms with E-state index in [4.69, 9.17) is 0 Å². The highest BCUT2D eigenvalue weighted by Gasteiger charge is 2.30.